The second kappa shape index (κ2) is 9.03. The summed E-state index contributed by atoms with van der Waals surface area (Å²) >= 11 is 0. The number of nitriles is 1. The monoisotopic (exact) mass is 424 g/mol. The van der Waals surface area contributed by atoms with Crippen LogP contribution in [0.15, 0.2) is 59.5 Å². The number of allylic oxidation sites excluding steroid dienone is 1. The average molecular weight is 425 g/mol. The number of benzene rings is 2. The van der Waals surface area contributed by atoms with Crippen LogP contribution in [0.3, 0.4) is 0 Å². The van der Waals surface area contributed by atoms with Crippen LogP contribution in [0.4, 0.5) is 0 Å². The highest BCUT2D eigenvalue weighted by molar-refractivity contribution is 7.91. The molecule has 0 saturated carbocycles. The van der Waals surface area contributed by atoms with E-state index in [1.165, 1.54) is 13.2 Å². The highest BCUT2D eigenvalue weighted by Gasteiger charge is 2.41. The molecule has 0 amide bonds. The molecule has 5 nitrogen and oxygen atoms in total. The third-order valence-corrected chi connectivity index (χ3v) is 7.49. The summed E-state index contributed by atoms with van der Waals surface area (Å²) in [5.74, 6) is 0.319. The van der Waals surface area contributed by atoms with E-state index in [2.05, 4.69) is 18.3 Å². The summed E-state index contributed by atoms with van der Waals surface area (Å²) in [5, 5.41) is 13.2. The van der Waals surface area contributed by atoms with E-state index >= 15 is 0 Å². The molecule has 158 valence electrons. The molecule has 0 bridgehead atoms. The second-order valence-corrected chi connectivity index (χ2v) is 9.67. The maximum atomic E-state index is 13.6. The van der Waals surface area contributed by atoms with Gasteiger partial charge in [0.2, 0.25) is 0 Å². The third-order valence-electron chi connectivity index (χ3n) is 5.57. The van der Waals surface area contributed by atoms with E-state index in [0.29, 0.717) is 17.7 Å². The molecule has 1 aliphatic heterocycles. The minimum Gasteiger partial charge on any atom is -0.495 e. The van der Waals surface area contributed by atoms with Crippen molar-refractivity contribution in [3.63, 3.8) is 0 Å². The topological polar surface area (TPSA) is 79.2 Å². The first-order chi connectivity index (χ1) is 14.4. The average Bonchev–Trinajstić information content (AvgIpc) is 2.84. The number of nitrogens with one attached hydrogen (secondary N) is 1. The van der Waals surface area contributed by atoms with Crippen molar-refractivity contribution in [2.45, 2.75) is 49.6 Å². The minimum absolute atomic E-state index is 0.0577. The van der Waals surface area contributed by atoms with Crippen molar-refractivity contribution >= 4 is 9.84 Å². The van der Waals surface area contributed by atoms with E-state index in [1.54, 1.807) is 6.07 Å². The zero-order valence-electron chi connectivity index (χ0n) is 17.7. The van der Waals surface area contributed by atoms with Gasteiger partial charge < -0.3 is 4.74 Å². The fraction of sp³-hybridized carbons (Fsp3) is 0.375. The van der Waals surface area contributed by atoms with Gasteiger partial charge in [-0.2, -0.15) is 5.26 Å². The quantitative estimate of drug-likeness (QED) is 0.689. The van der Waals surface area contributed by atoms with Gasteiger partial charge in [0, 0.05) is 0 Å². The highest BCUT2D eigenvalue weighted by Crippen LogP contribution is 2.40. The fourth-order valence-electron chi connectivity index (χ4n) is 4.19. The summed E-state index contributed by atoms with van der Waals surface area (Å²) in [7, 11) is -2.17. The van der Waals surface area contributed by atoms with Crippen molar-refractivity contribution in [2.75, 3.05) is 12.9 Å². The van der Waals surface area contributed by atoms with Crippen molar-refractivity contribution in [1.82, 2.24) is 5.32 Å². The van der Waals surface area contributed by atoms with E-state index in [0.717, 1.165) is 18.4 Å². The Hall–Kier alpha value is -2.62. The van der Waals surface area contributed by atoms with Gasteiger partial charge >= 0.3 is 0 Å². The summed E-state index contributed by atoms with van der Waals surface area (Å²) in [4.78, 5) is 0.198. The van der Waals surface area contributed by atoms with Crippen molar-refractivity contribution in [1.29, 1.82) is 5.26 Å². The van der Waals surface area contributed by atoms with Crippen LogP contribution in [0, 0.1) is 11.3 Å². The lowest BCUT2D eigenvalue weighted by molar-refractivity contribution is 0.369. The van der Waals surface area contributed by atoms with Crippen LogP contribution in [-0.2, 0) is 9.84 Å². The summed E-state index contributed by atoms with van der Waals surface area (Å²) in [6.45, 7) is 4.01. The van der Waals surface area contributed by atoms with Gasteiger partial charge in [0.1, 0.15) is 11.8 Å². The lowest BCUT2D eigenvalue weighted by Gasteiger charge is -2.34. The molecule has 2 aromatic rings. The molecule has 0 spiro atoms. The smallest absolute Gasteiger partial charge is 0.180 e. The summed E-state index contributed by atoms with van der Waals surface area (Å²) in [5.41, 5.74) is 1.09. The van der Waals surface area contributed by atoms with Gasteiger partial charge in [0.25, 0.3) is 0 Å². The molecule has 2 unspecified atom stereocenters. The number of ether oxygens (including phenoxy) is 1. The van der Waals surface area contributed by atoms with Crippen LogP contribution >= 0.6 is 0 Å². The molecule has 6 heteroatoms. The van der Waals surface area contributed by atoms with E-state index in [4.69, 9.17) is 4.74 Å². The van der Waals surface area contributed by atoms with E-state index in [1.807, 2.05) is 49.4 Å². The molecule has 1 N–H and O–H groups in total. The third kappa shape index (κ3) is 4.28. The normalized spacial score (nSPS) is 22.8. The minimum atomic E-state index is -3.66. The first-order valence-electron chi connectivity index (χ1n) is 10.2. The molecule has 2 aromatic carbocycles. The van der Waals surface area contributed by atoms with Crippen LogP contribution < -0.4 is 10.1 Å². The number of hydrogen-bond donors (Lipinski definition) is 1. The molecule has 30 heavy (non-hydrogen) atoms. The zero-order chi connectivity index (χ0) is 21.8. The van der Waals surface area contributed by atoms with Crippen molar-refractivity contribution in [3.8, 4) is 11.8 Å². The van der Waals surface area contributed by atoms with Gasteiger partial charge in [0.15, 0.2) is 9.84 Å². The van der Waals surface area contributed by atoms with Gasteiger partial charge in [-0.1, -0.05) is 62.2 Å². The Morgan fingerprint density at radius 1 is 1.30 bits per heavy atom. The maximum Gasteiger partial charge on any atom is 0.180 e. The Labute approximate surface area is 179 Å². The van der Waals surface area contributed by atoms with Crippen LogP contribution in [0.5, 0.6) is 5.75 Å². The number of methoxy groups -OCH3 is 1. The Balaban J connectivity index is 2.31. The Morgan fingerprint density at radius 3 is 2.63 bits per heavy atom. The van der Waals surface area contributed by atoms with Crippen molar-refractivity contribution in [2.24, 2.45) is 0 Å². The molecule has 0 aliphatic carbocycles. The highest BCUT2D eigenvalue weighted by atomic mass is 32.2. The summed E-state index contributed by atoms with van der Waals surface area (Å²) in [6, 6.07) is 14.7. The summed E-state index contributed by atoms with van der Waals surface area (Å²) in [6.07, 6.45) is 6.46. The molecular formula is C24H28N2O3S. The second-order valence-electron chi connectivity index (χ2n) is 7.71. The molecule has 1 aliphatic rings. The Morgan fingerprint density at radius 2 is 2.03 bits per heavy atom. The first kappa shape index (κ1) is 22.1. The predicted octanol–water partition coefficient (Wildman–Crippen LogP) is 4.54. The predicted molar refractivity (Wildman–Crippen MR) is 118 cm³/mol. The summed E-state index contributed by atoms with van der Waals surface area (Å²) < 4.78 is 32.5. The number of unbranched alkanes of at least 4 members (excludes halogenated alkanes) is 1. The number of rotatable bonds is 6. The van der Waals surface area contributed by atoms with E-state index in [9.17, 15) is 13.7 Å². The standard InChI is InChI=1S/C24H28N2O3S/c1-4-6-13-24(12-5-2)17-30(27,28)22-14-19(16-25)21(29-3)15-20(22)23(26-24)18-10-8-7-9-11-18/h5,7-12,14-15,23,26H,4,6,13,17H2,1-3H3. The maximum absolute atomic E-state index is 13.6. The van der Waals surface area contributed by atoms with Crippen molar-refractivity contribution < 1.29 is 13.2 Å². The van der Waals surface area contributed by atoms with Gasteiger partial charge in [-0.3, -0.25) is 5.32 Å². The van der Waals surface area contributed by atoms with E-state index < -0.39 is 15.4 Å². The fourth-order valence-corrected chi connectivity index (χ4v) is 6.18. The molecular weight excluding hydrogens is 396 g/mol. The van der Waals surface area contributed by atoms with E-state index in [-0.39, 0.29) is 22.3 Å². The number of hydrogen-bond acceptors (Lipinski definition) is 5. The molecule has 0 radical (unpaired) electrons. The lowest BCUT2D eigenvalue weighted by Crippen LogP contribution is -2.49. The number of nitrogens with zero attached hydrogens (tertiary/aromatic N) is 1. The lowest BCUT2D eigenvalue weighted by atomic mass is 9.89. The van der Waals surface area contributed by atoms with Gasteiger partial charge in [-0.15, -0.1) is 0 Å². The van der Waals surface area contributed by atoms with Gasteiger partial charge in [0.05, 0.1) is 34.9 Å². The number of sulfone groups is 1. The van der Waals surface area contributed by atoms with Crippen LogP contribution in [0.2, 0.25) is 0 Å². The Bertz CT molecular complexity index is 1070. The molecule has 3 rings (SSSR count). The number of fused-ring (bicyclic) bond motifs is 1. The largest absolute Gasteiger partial charge is 0.495 e. The zero-order valence-corrected chi connectivity index (χ0v) is 18.5. The molecule has 0 saturated heterocycles. The van der Waals surface area contributed by atoms with Crippen molar-refractivity contribution in [3.05, 3.63) is 71.3 Å². The van der Waals surface area contributed by atoms with Crippen LogP contribution in [0.25, 0.3) is 0 Å². The van der Waals surface area contributed by atoms with Crippen LogP contribution in [-0.4, -0.2) is 26.8 Å². The Kier molecular flexibility index (Phi) is 6.64. The first-order valence-corrected chi connectivity index (χ1v) is 11.9. The SMILES string of the molecule is CC=CC1(CCCC)CS(=O)(=O)c2cc(C#N)c(OC)cc2C(c2ccccc2)N1. The molecule has 1 heterocycles. The van der Waals surface area contributed by atoms with Gasteiger partial charge in [-0.25, -0.2) is 8.42 Å². The van der Waals surface area contributed by atoms with Gasteiger partial charge in [-0.05, 0) is 36.6 Å². The van der Waals surface area contributed by atoms with Crippen LogP contribution in [0.1, 0.15) is 55.8 Å². The molecule has 0 aromatic heterocycles. The molecule has 2 atom stereocenters. The molecule has 0 fully saturated rings.